The van der Waals surface area contributed by atoms with Gasteiger partial charge in [0.25, 0.3) is 5.91 Å². The van der Waals surface area contributed by atoms with E-state index in [1.54, 1.807) is 43.6 Å². The van der Waals surface area contributed by atoms with Crippen LogP contribution in [0.2, 0.25) is 5.02 Å². The number of nitrogens with zero attached hydrogens (tertiary/aromatic N) is 4. The molecule has 2 amide bonds. The van der Waals surface area contributed by atoms with E-state index >= 15 is 8.78 Å². The van der Waals surface area contributed by atoms with Crippen molar-refractivity contribution in [1.82, 2.24) is 14.7 Å². The van der Waals surface area contributed by atoms with Crippen LogP contribution in [0.25, 0.3) is 0 Å². The van der Waals surface area contributed by atoms with Crippen molar-refractivity contribution >= 4 is 40.9 Å². The molecule has 270 valence electrons. The first-order valence-corrected chi connectivity index (χ1v) is 16.3. The summed E-state index contributed by atoms with van der Waals surface area (Å²) in [6, 6.07) is 6.06. The highest BCUT2D eigenvalue weighted by Gasteiger charge is 2.37. The predicted octanol–water partition coefficient (Wildman–Crippen LogP) is 5.93. The molecule has 16 heteroatoms. The monoisotopic (exact) mass is 717 g/mol. The third-order valence-corrected chi connectivity index (χ3v) is 8.35. The van der Waals surface area contributed by atoms with Gasteiger partial charge in [-0.15, -0.1) is 0 Å². The topological polar surface area (TPSA) is 94.7 Å². The van der Waals surface area contributed by atoms with Gasteiger partial charge in [0.1, 0.15) is 11.6 Å². The number of alkyl halides is 3. The van der Waals surface area contributed by atoms with Crippen LogP contribution in [0.15, 0.2) is 30.3 Å². The molecule has 0 saturated carbocycles. The van der Waals surface area contributed by atoms with Gasteiger partial charge in [-0.25, -0.2) is 13.6 Å². The van der Waals surface area contributed by atoms with Crippen LogP contribution < -0.4 is 10.2 Å². The molecule has 1 atom stereocenters. The average molecular weight is 718 g/mol. The fourth-order valence-corrected chi connectivity index (χ4v) is 5.80. The van der Waals surface area contributed by atoms with Crippen LogP contribution in [0.1, 0.15) is 50.0 Å². The number of carbonyl (C=O) groups excluding carboxylic acids is 3. The van der Waals surface area contributed by atoms with E-state index in [2.05, 4.69) is 5.32 Å². The van der Waals surface area contributed by atoms with Gasteiger partial charge in [-0.3, -0.25) is 19.4 Å². The summed E-state index contributed by atoms with van der Waals surface area (Å²) in [5, 5.41) is 2.96. The van der Waals surface area contributed by atoms with Crippen LogP contribution >= 0.6 is 11.6 Å². The number of carbonyl (C=O) groups is 3. The number of anilines is 2. The molecule has 0 aromatic heterocycles. The molecule has 2 heterocycles. The van der Waals surface area contributed by atoms with Crippen LogP contribution in [0.5, 0.6) is 0 Å². The van der Waals surface area contributed by atoms with E-state index in [0.717, 1.165) is 6.07 Å². The lowest BCUT2D eigenvalue weighted by atomic mass is 10.1. The van der Waals surface area contributed by atoms with Crippen molar-refractivity contribution in [2.75, 3.05) is 69.2 Å². The first-order chi connectivity index (χ1) is 23.0. The van der Waals surface area contributed by atoms with Crippen molar-refractivity contribution in [3.8, 4) is 0 Å². The molecule has 2 saturated heterocycles. The van der Waals surface area contributed by atoms with Crippen LogP contribution in [0.3, 0.4) is 0 Å². The number of benzene rings is 2. The number of hydrogen-bond donors (Lipinski definition) is 1. The van der Waals surface area contributed by atoms with Crippen LogP contribution in [-0.4, -0.2) is 109 Å². The second-order valence-corrected chi connectivity index (χ2v) is 13.3. The van der Waals surface area contributed by atoms with E-state index in [4.69, 9.17) is 21.1 Å². The first kappa shape index (κ1) is 38.1. The number of rotatable bonds is 9. The van der Waals surface area contributed by atoms with Gasteiger partial charge in [-0.2, -0.15) is 13.2 Å². The second-order valence-electron chi connectivity index (χ2n) is 12.9. The summed E-state index contributed by atoms with van der Waals surface area (Å²) in [6.07, 6.45) is -5.78. The number of amides is 2. The number of piperazine rings is 2. The molecular formula is C33H41ClF5N5O5. The third-order valence-electron chi connectivity index (χ3n) is 8.11. The van der Waals surface area contributed by atoms with E-state index in [1.165, 1.54) is 23.1 Å². The minimum atomic E-state index is -4.25. The summed E-state index contributed by atoms with van der Waals surface area (Å²) in [4.78, 5) is 45.3. The summed E-state index contributed by atoms with van der Waals surface area (Å²) >= 11 is 6.21. The quantitative estimate of drug-likeness (QED) is 0.252. The fourth-order valence-electron chi connectivity index (χ4n) is 5.63. The molecule has 2 aliphatic heterocycles. The molecule has 0 spiro atoms. The lowest BCUT2D eigenvalue weighted by molar-refractivity contribution is -0.152. The Labute approximate surface area is 287 Å². The predicted molar refractivity (Wildman–Crippen MR) is 174 cm³/mol. The standard InChI is InChI=1S/C33H41ClF5N5O5/c1-5-48-30(46)26-20-44(31(47)49-32(2,3)4)17-16-43(26)19-21-6-8-23(28(36)27(21)35)29(45)40-24-9-7-22(34)18-25(24)42-14-12-41(13-15-42)11-10-33(37,38)39/h6-9,18,26H,5,10-17,19-20H2,1-4H3,(H,40,45). The highest BCUT2D eigenvalue weighted by Crippen LogP contribution is 2.32. The van der Waals surface area contributed by atoms with Gasteiger partial charge < -0.3 is 24.6 Å². The molecule has 2 aromatic carbocycles. The Balaban J connectivity index is 1.46. The Morgan fingerprint density at radius 1 is 0.959 bits per heavy atom. The minimum absolute atomic E-state index is 0.0790. The van der Waals surface area contributed by atoms with Crippen molar-refractivity contribution in [2.24, 2.45) is 0 Å². The van der Waals surface area contributed by atoms with Crippen molar-refractivity contribution in [2.45, 2.75) is 58.5 Å². The molecule has 1 unspecified atom stereocenters. The van der Waals surface area contributed by atoms with Gasteiger partial charge in [-0.1, -0.05) is 17.7 Å². The summed E-state index contributed by atoms with van der Waals surface area (Å²) < 4.78 is 79.6. The Kier molecular flexibility index (Phi) is 12.4. The smallest absolute Gasteiger partial charge is 0.410 e. The van der Waals surface area contributed by atoms with E-state index in [0.29, 0.717) is 36.9 Å². The summed E-state index contributed by atoms with van der Waals surface area (Å²) in [5.41, 5.74) is -0.665. The van der Waals surface area contributed by atoms with Gasteiger partial charge in [0.2, 0.25) is 0 Å². The van der Waals surface area contributed by atoms with Gasteiger partial charge in [0, 0.05) is 62.9 Å². The fraction of sp³-hybridized carbons (Fsp3) is 0.545. The van der Waals surface area contributed by atoms with Crippen molar-refractivity contribution < 1.29 is 45.8 Å². The number of esters is 1. The van der Waals surface area contributed by atoms with Crippen LogP contribution in [-0.2, 0) is 20.8 Å². The van der Waals surface area contributed by atoms with Gasteiger partial charge in [0.05, 0.1) is 36.5 Å². The average Bonchev–Trinajstić information content (AvgIpc) is 3.02. The highest BCUT2D eigenvalue weighted by atomic mass is 35.5. The zero-order valence-corrected chi connectivity index (χ0v) is 28.6. The maximum absolute atomic E-state index is 15.5. The lowest BCUT2D eigenvalue weighted by Gasteiger charge is -2.40. The number of nitrogens with one attached hydrogen (secondary N) is 1. The Bertz CT molecular complexity index is 1510. The van der Waals surface area contributed by atoms with Crippen molar-refractivity contribution in [3.05, 3.63) is 58.1 Å². The highest BCUT2D eigenvalue weighted by molar-refractivity contribution is 6.31. The second kappa shape index (κ2) is 15.9. The molecular weight excluding hydrogens is 677 g/mol. The molecule has 49 heavy (non-hydrogen) atoms. The van der Waals surface area contributed by atoms with E-state index in [-0.39, 0.29) is 50.6 Å². The number of hydrogen-bond acceptors (Lipinski definition) is 8. The van der Waals surface area contributed by atoms with Crippen LogP contribution in [0.4, 0.5) is 38.1 Å². The maximum atomic E-state index is 15.5. The summed E-state index contributed by atoms with van der Waals surface area (Å²) in [7, 11) is 0. The largest absolute Gasteiger partial charge is 0.465 e. The molecule has 0 bridgehead atoms. The number of ether oxygens (including phenoxy) is 2. The minimum Gasteiger partial charge on any atom is -0.465 e. The van der Waals surface area contributed by atoms with E-state index < -0.39 is 59.4 Å². The first-order valence-electron chi connectivity index (χ1n) is 16.0. The molecule has 0 radical (unpaired) electrons. The van der Waals surface area contributed by atoms with Gasteiger partial charge in [-0.05, 0) is 52.0 Å². The Morgan fingerprint density at radius 3 is 2.29 bits per heavy atom. The molecule has 4 rings (SSSR count). The number of halogens is 6. The molecule has 1 N–H and O–H groups in total. The van der Waals surface area contributed by atoms with E-state index in [1.807, 2.05) is 4.90 Å². The molecule has 2 aliphatic rings. The summed E-state index contributed by atoms with van der Waals surface area (Å²) in [6.45, 7) is 8.19. The van der Waals surface area contributed by atoms with Gasteiger partial charge in [0.15, 0.2) is 11.6 Å². The lowest BCUT2D eigenvalue weighted by Crippen LogP contribution is -2.58. The zero-order chi connectivity index (χ0) is 36.1. The van der Waals surface area contributed by atoms with Crippen molar-refractivity contribution in [3.63, 3.8) is 0 Å². The van der Waals surface area contributed by atoms with Crippen molar-refractivity contribution in [1.29, 1.82) is 0 Å². The maximum Gasteiger partial charge on any atom is 0.410 e. The summed E-state index contributed by atoms with van der Waals surface area (Å²) in [5.74, 6) is -4.21. The zero-order valence-electron chi connectivity index (χ0n) is 27.8. The Hall–Kier alpha value is -3.69. The van der Waals surface area contributed by atoms with Gasteiger partial charge >= 0.3 is 18.2 Å². The van der Waals surface area contributed by atoms with Crippen LogP contribution in [0, 0.1) is 11.6 Å². The van der Waals surface area contributed by atoms with E-state index in [9.17, 15) is 27.6 Å². The normalized spacial score (nSPS) is 18.0. The SMILES string of the molecule is CCOC(=O)C1CN(C(=O)OC(C)(C)C)CCN1Cc1ccc(C(=O)Nc2ccc(Cl)cc2N2CCN(CCC(F)(F)F)CC2)c(F)c1F. The molecule has 0 aliphatic carbocycles. The molecule has 2 fully saturated rings. The molecule has 2 aromatic rings. The third kappa shape index (κ3) is 10.4. The molecule has 10 nitrogen and oxygen atoms in total. The Morgan fingerprint density at radius 2 is 1.65 bits per heavy atom.